The Morgan fingerprint density at radius 3 is 3.05 bits per heavy atom. The number of hydrogen-bond donors (Lipinski definition) is 1. The summed E-state index contributed by atoms with van der Waals surface area (Å²) in [7, 11) is 0. The fraction of sp³-hybridized carbons (Fsp3) is 0.600. The van der Waals surface area contributed by atoms with Gasteiger partial charge in [-0.3, -0.25) is 9.78 Å². The van der Waals surface area contributed by atoms with Crippen molar-refractivity contribution >= 4 is 17.5 Å². The summed E-state index contributed by atoms with van der Waals surface area (Å²) in [6, 6.07) is 3.74. The van der Waals surface area contributed by atoms with Crippen molar-refractivity contribution in [1.29, 1.82) is 0 Å². The Morgan fingerprint density at radius 2 is 2.42 bits per heavy atom. The predicted molar refractivity (Wildman–Crippen MR) is 77.5 cm³/mol. The van der Waals surface area contributed by atoms with Gasteiger partial charge >= 0.3 is 0 Å². The van der Waals surface area contributed by atoms with Gasteiger partial charge in [-0.05, 0) is 37.3 Å². The van der Waals surface area contributed by atoms with Gasteiger partial charge in [0.15, 0.2) is 0 Å². The van der Waals surface area contributed by atoms with E-state index >= 15 is 0 Å². The molecule has 1 N–H and O–H groups in total. The summed E-state index contributed by atoms with van der Waals surface area (Å²) in [5, 5.41) is 3.14. The number of aryl methyl sites for hydroxylation is 1. The molecule has 0 spiro atoms. The lowest BCUT2D eigenvalue weighted by molar-refractivity contribution is 0.0861. The second kappa shape index (κ2) is 5.91. The Hall–Kier alpha value is -1.09. The van der Waals surface area contributed by atoms with E-state index in [1.54, 1.807) is 6.20 Å². The van der Waals surface area contributed by atoms with Crippen molar-refractivity contribution in [3.05, 3.63) is 29.6 Å². The highest BCUT2D eigenvalue weighted by Crippen LogP contribution is 2.33. The Morgan fingerprint density at radius 1 is 1.63 bits per heavy atom. The zero-order chi connectivity index (χ0) is 13.9. The van der Waals surface area contributed by atoms with E-state index in [0.717, 1.165) is 24.8 Å². The van der Waals surface area contributed by atoms with E-state index in [9.17, 15) is 4.79 Å². The summed E-state index contributed by atoms with van der Waals surface area (Å²) in [5.74, 6) is 0.972. The molecule has 1 aromatic heterocycles. The van der Waals surface area contributed by atoms with Crippen LogP contribution in [0.2, 0.25) is 0 Å². The number of hydrogen-bond acceptors (Lipinski definition) is 2. The van der Waals surface area contributed by atoms with Crippen LogP contribution in [-0.4, -0.2) is 22.3 Å². The van der Waals surface area contributed by atoms with Crippen molar-refractivity contribution in [2.75, 3.05) is 5.88 Å². The predicted octanol–water partition coefficient (Wildman–Crippen LogP) is 3.31. The molecule has 1 aliphatic rings. The van der Waals surface area contributed by atoms with Gasteiger partial charge in [0.1, 0.15) is 5.69 Å². The molecule has 104 valence electrons. The molecule has 1 saturated carbocycles. The first-order valence-electron chi connectivity index (χ1n) is 6.86. The standard InChI is InChI=1S/C15H21ClN2O/c1-11-5-3-7-15(9-11,10-16)18-14(19)13-12(2)6-4-8-17-13/h4,6,8,11H,3,5,7,9-10H2,1-2H3,(H,18,19). The molecule has 0 bridgehead atoms. The second-order valence-corrected chi connectivity index (χ2v) is 6.01. The first kappa shape index (κ1) is 14.3. The van der Waals surface area contributed by atoms with Crippen molar-refractivity contribution in [2.45, 2.75) is 45.1 Å². The number of aromatic nitrogens is 1. The monoisotopic (exact) mass is 280 g/mol. The largest absolute Gasteiger partial charge is 0.344 e. The highest BCUT2D eigenvalue weighted by molar-refractivity contribution is 6.19. The molecule has 0 aromatic carbocycles. The molecule has 0 radical (unpaired) electrons. The average molecular weight is 281 g/mol. The van der Waals surface area contributed by atoms with E-state index in [4.69, 9.17) is 11.6 Å². The quantitative estimate of drug-likeness (QED) is 0.863. The van der Waals surface area contributed by atoms with E-state index < -0.39 is 0 Å². The van der Waals surface area contributed by atoms with Crippen molar-refractivity contribution < 1.29 is 4.79 Å². The normalized spacial score (nSPS) is 27.0. The van der Waals surface area contributed by atoms with Crippen LogP contribution in [0.3, 0.4) is 0 Å². The molecule has 0 saturated heterocycles. The van der Waals surface area contributed by atoms with Gasteiger partial charge in [0.2, 0.25) is 0 Å². The highest BCUT2D eigenvalue weighted by Gasteiger charge is 2.36. The van der Waals surface area contributed by atoms with Gasteiger partial charge in [-0.25, -0.2) is 0 Å². The fourth-order valence-electron chi connectivity index (χ4n) is 2.95. The van der Waals surface area contributed by atoms with Crippen LogP contribution in [0.1, 0.15) is 48.7 Å². The Labute approximate surface area is 119 Å². The van der Waals surface area contributed by atoms with Crippen LogP contribution in [0.25, 0.3) is 0 Å². The van der Waals surface area contributed by atoms with E-state index in [1.165, 1.54) is 6.42 Å². The lowest BCUT2D eigenvalue weighted by Crippen LogP contribution is -2.53. The molecule has 2 rings (SSSR count). The first-order chi connectivity index (χ1) is 9.06. The SMILES string of the molecule is Cc1cccnc1C(=O)NC1(CCl)CCCC(C)C1. The first-order valence-corrected chi connectivity index (χ1v) is 7.40. The van der Waals surface area contributed by atoms with Crippen LogP contribution in [-0.2, 0) is 0 Å². The Balaban J connectivity index is 2.14. The number of carbonyl (C=O) groups excluding carboxylic acids is 1. The molecule has 1 fully saturated rings. The van der Waals surface area contributed by atoms with Crippen LogP contribution in [0.15, 0.2) is 18.3 Å². The Bertz CT molecular complexity index is 463. The van der Waals surface area contributed by atoms with Gasteiger partial charge < -0.3 is 5.32 Å². The summed E-state index contributed by atoms with van der Waals surface area (Å²) < 4.78 is 0. The van der Waals surface area contributed by atoms with Crippen LogP contribution >= 0.6 is 11.6 Å². The summed E-state index contributed by atoms with van der Waals surface area (Å²) >= 11 is 6.14. The van der Waals surface area contributed by atoms with Crippen LogP contribution < -0.4 is 5.32 Å². The fourth-order valence-corrected chi connectivity index (χ4v) is 3.26. The van der Waals surface area contributed by atoms with Gasteiger partial charge in [0.25, 0.3) is 5.91 Å². The number of halogens is 1. The number of rotatable bonds is 3. The zero-order valence-corrected chi connectivity index (χ0v) is 12.3. The Kier molecular flexibility index (Phi) is 4.46. The van der Waals surface area contributed by atoms with Crippen molar-refractivity contribution in [3.63, 3.8) is 0 Å². The van der Waals surface area contributed by atoms with Crippen molar-refractivity contribution in [1.82, 2.24) is 10.3 Å². The number of alkyl halides is 1. The third kappa shape index (κ3) is 3.27. The molecule has 1 aliphatic carbocycles. The molecule has 2 unspecified atom stereocenters. The van der Waals surface area contributed by atoms with Crippen LogP contribution in [0.5, 0.6) is 0 Å². The molecular weight excluding hydrogens is 260 g/mol. The van der Waals surface area contributed by atoms with Gasteiger partial charge in [-0.1, -0.05) is 25.8 Å². The molecular formula is C15H21ClN2O. The van der Waals surface area contributed by atoms with Crippen LogP contribution in [0, 0.1) is 12.8 Å². The van der Waals surface area contributed by atoms with Gasteiger partial charge in [0, 0.05) is 12.1 Å². The molecule has 3 nitrogen and oxygen atoms in total. The smallest absolute Gasteiger partial charge is 0.270 e. The second-order valence-electron chi connectivity index (χ2n) is 5.74. The summed E-state index contributed by atoms with van der Waals surface area (Å²) in [6.45, 7) is 4.12. The maximum Gasteiger partial charge on any atom is 0.270 e. The van der Waals surface area contributed by atoms with Crippen LogP contribution in [0.4, 0.5) is 0 Å². The molecule has 19 heavy (non-hydrogen) atoms. The molecule has 0 aliphatic heterocycles. The zero-order valence-electron chi connectivity index (χ0n) is 11.6. The average Bonchev–Trinajstić information content (AvgIpc) is 2.39. The molecule has 1 heterocycles. The minimum atomic E-state index is -0.264. The minimum absolute atomic E-state index is 0.104. The molecule has 1 aromatic rings. The summed E-state index contributed by atoms with van der Waals surface area (Å²) in [5.41, 5.74) is 1.14. The number of nitrogens with zero attached hydrogens (tertiary/aromatic N) is 1. The van der Waals surface area contributed by atoms with Crippen molar-refractivity contribution in [2.24, 2.45) is 5.92 Å². The number of pyridine rings is 1. The lowest BCUT2D eigenvalue weighted by Gasteiger charge is -2.39. The number of carbonyl (C=O) groups is 1. The third-order valence-electron chi connectivity index (χ3n) is 3.95. The summed E-state index contributed by atoms with van der Waals surface area (Å²) in [6.07, 6.45) is 5.90. The van der Waals surface area contributed by atoms with E-state index in [0.29, 0.717) is 17.5 Å². The topological polar surface area (TPSA) is 42.0 Å². The van der Waals surface area contributed by atoms with E-state index in [2.05, 4.69) is 17.2 Å². The van der Waals surface area contributed by atoms with Gasteiger partial charge in [0.05, 0.1) is 5.54 Å². The summed E-state index contributed by atoms with van der Waals surface area (Å²) in [4.78, 5) is 16.5. The molecule has 1 amide bonds. The lowest BCUT2D eigenvalue weighted by atomic mass is 9.77. The maximum atomic E-state index is 12.4. The minimum Gasteiger partial charge on any atom is -0.344 e. The van der Waals surface area contributed by atoms with Gasteiger partial charge in [-0.2, -0.15) is 0 Å². The number of nitrogens with one attached hydrogen (secondary N) is 1. The van der Waals surface area contributed by atoms with Gasteiger partial charge in [-0.15, -0.1) is 11.6 Å². The van der Waals surface area contributed by atoms with Crippen molar-refractivity contribution in [3.8, 4) is 0 Å². The number of amides is 1. The highest BCUT2D eigenvalue weighted by atomic mass is 35.5. The van der Waals surface area contributed by atoms with E-state index in [1.807, 2.05) is 19.1 Å². The molecule has 4 heteroatoms. The van der Waals surface area contributed by atoms with E-state index in [-0.39, 0.29) is 11.4 Å². The maximum absolute atomic E-state index is 12.4. The molecule has 2 atom stereocenters. The third-order valence-corrected chi connectivity index (χ3v) is 4.46.